The minimum Gasteiger partial charge on any atom is -0.302 e. The molecule has 1 aliphatic carbocycles. The Kier molecular flexibility index (Phi) is 4.04. The highest BCUT2D eigenvalue weighted by atomic mass is 32.1. The molecule has 3 rings (SSSR count). The highest BCUT2D eigenvalue weighted by Crippen LogP contribution is 2.30. The van der Waals surface area contributed by atoms with E-state index in [9.17, 15) is 4.79 Å². The van der Waals surface area contributed by atoms with Crippen molar-refractivity contribution in [1.82, 2.24) is 4.98 Å². The zero-order valence-electron chi connectivity index (χ0n) is 13.3. The van der Waals surface area contributed by atoms with Gasteiger partial charge in [0.15, 0.2) is 5.13 Å². The largest absolute Gasteiger partial charge is 0.302 e. The summed E-state index contributed by atoms with van der Waals surface area (Å²) < 4.78 is 0. The lowest BCUT2D eigenvalue weighted by atomic mass is 9.85. The second-order valence-corrected chi connectivity index (χ2v) is 7.84. The van der Waals surface area contributed by atoms with Crippen LogP contribution < -0.4 is 5.32 Å². The molecule has 0 atom stereocenters. The van der Waals surface area contributed by atoms with Crippen LogP contribution in [0.2, 0.25) is 0 Å². The van der Waals surface area contributed by atoms with E-state index in [2.05, 4.69) is 55.3 Å². The first kappa shape index (κ1) is 15.2. The van der Waals surface area contributed by atoms with Gasteiger partial charge < -0.3 is 5.32 Å². The monoisotopic (exact) mass is 314 g/mol. The molecule has 1 aromatic carbocycles. The fourth-order valence-corrected chi connectivity index (χ4v) is 3.21. The van der Waals surface area contributed by atoms with Crippen LogP contribution in [0.4, 0.5) is 5.13 Å². The van der Waals surface area contributed by atoms with Gasteiger partial charge in [0.2, 0.25) is 5.91 Å². The molecule has 0 unspecified atom stereocenters. The Labute approximate surface area is 135 Å². The molecule has 0 aliphatic heterocycles. The standard InChI is InChI=1S/C18H22N2OS/c1-18(2,3)14-9-7-12(8-10-14)15-11-22-17(19-15)20-16(21)13-5-4-6-13/h7-11,13H,4-6H2,1-3H3,(H,19,20,21). The molecule has 3 nitrogen and oxygen atoms in total. The molecule has 1 amide bonds. The van der Waals surface area contributed by atoms with E-state index in [-0.39, 0.29) is 17.2 Å². The van der Waals surface area contributed by atoms with E-state index in [1.165, 1.54) is 23.3 Å². The highest BCUT2D eigenvalue weighted by Gasteiger charge is 2.25. The number of anilines is 1. The van der Waals surface area contributed by atoms with Crippen molar-refractivity contribution in [1.29, 1.82) is 0 Å². The van der Waals surface area contributed by atoms with Crippen molar-refractivity contribution in [2.75, 3.05) is 5.32 Å². The van der Waals surface area contributed by atoms with Crippen LogP contribution in [0.25, 0.3) is 11.3 Å². The normalized spacial score (nSPS) is 15.4. The molecule has 0 spiro atoms. The number of carbonyl (C=O) groups is 1. The Morgan fingerprint density at radius 3 is 2.45 bits per heavy atom. The van der Waals surface area contributed by atoms with Gasteiger partial charge >= 0.3 is 0 Å². The first-order chi connectivity index (χ1) is 10.4. The number of benzene rings is 1. The van der Waals surface area contributed by atoms with Crippen LogP contribution in [0, 0.1) is 5.92 Å². The summed E-state index contributed by atoms with van der Waals surface area (Å²) in [6, 6.07) is 8.52. The molecule has 0 saturated heterocycles. The summed E-state index contributed by atoms with van der Waals surface area (Å²) >= 11 is 1.49. The average molecular weight is 314 g/mol. The summed E-state index contributed by atoms with van der Waals surface area (Å²) in [5.41, 5.74) is 3.48. The van der Waals surface area contributed by atoms with Crippen LogP contribution in [-0.2, 0) is 10.2 Å². The van der Waals surface area contributed by atoms with E-state index in [1.807, 2.05) is 5.38 Å². The predicted molar refractivity (Wildman–Crippen MR) is 92.2 cm³/mol. The molecule has 0 radical (unpaired) electrons. The summed E-state index contributed by atoms with van der Waals surface area (Å²) in [5.74, 6) is 0.314. The van der Waals surface area contributed by atoms with Gasteiger partial charge in [-0.2, -0.15) is 0 Å². The highest BCUT2D eigenvalue weighted by molar-refractivity contribution is 7.14. The molecule has 1 aliphatic rings. The van der Waals surface area contributed by atoms with Gasteiger partial charge in [0.1, 0.15) is 0 Å². The number of aromatic nitrogens is 1. The van der Waals surface area contributed by atoms with Crippen LogP contribution in [0.5, 0.6) is 0 Å². The molecule has 4 heteroatoms. The summed E-state index contributed by atoms with van der Waals surface area (Å²) in [5, 5.41) is 5.64. The van der Waals surface area contributed by atoms with Crippen molar-refractivity contribution < 1.29 is 4.79 Å². The van der Waals surface area contributed by atoms with Gasteiger partial charge in [-0.3, -0.25) is 4.79 Å². The average Bonchev–Trinajstić information content (AvgIpc) is 2.84. The molecule has 1 heterocycles. The number of hydrogen-bond donors (Lipinski definition) is 1. The van der Waals surface area contributed by atoms with E-state index in [0.717, 1.165) is 24.1 Å². The van der Waals surface area contributed by atoms with Crippen LogP contribution in [0.15, 0.2) is 29.6 Å². The summed E-state index contributed by atoms with van der Waals surface area (Å²) in [4.78, 5) is 16.5. The third-order valence-electron chi connectivity index (χ3n) is 4.26. The minimum absolute atomic E-state index is 0.121. The molecule has 0 bridgehead atoms. The Morgan fingerprint density at radius 2 is 1.91 bits per heavy atom. The predicted octanol–water partition coefficient (Wildman–Crippen LogP) is 4.85. The van der Waals surface area contributed by atoms with Crippen LogP contribution >= 0.6 is 11.3 Å². The fourth-order valence-electron chi connectivity index (χ4n) is 2.48. The van der Waals surface area contributed by atoms with Gasteiger partial charge in [-0.15, -0.1) is 11.3 Å². The number of hydrogen-bond acceptors (Lipinski definition) is 3. The molecule has 1 fully saturated rings. The van der Waals surface area contributed by atoms with Crippen molar-refractivity contribution in [3.05, 3.63) is 35.2 Å². The lowest BCUT2D eigenvalue weighted by molar-refractivity contribution is -0.122. The lowest BCUT2D eigenvalue weighted by Gasteiger charge is -2.23. The lowest BCUT2D eigenvalue weighted by Crippen LogP contribution is -2.27. The van der Waals surface area contributed by atoms with E-state index in [4.69, 9.17) is 0 Å². The summed E-state index contributed by atoms with van der Waals surface area (Å²) in [6.45, 7) is 6.62. The number of thiazole rings is 1. The summed E-state index contributed by atoms with van der Waals surface area (Å²) in [7, 11) is 0. The van der Waals surface area contributed by atoms with Crippen molar-refractivity contribution in [3.8, 4) is 11.3 Å². The van der Waals surface area contributed by atoms with Crippen molar-refractivity contribution in [3.63, 3.8) is 0 Å². The van der Waals surface area contributed by atoms with Gasteiger partial charge in [-0.1, -0.05) is 51.5 Å². The maximum absolute atomic E-state index is 12.0. The third-order valence-corrected chi connectivity index (χ3v) is 5.01. The fraction of sp³-hybridized carbons (Fsp3) is 0.444. The maximum atomic E-state index is 12.0. The van der Waals surface area contributed by atoms with Crippen molar-refractivity contribution in [2.24, 2.45) is 5.92 Å². The van der Waals surface area contributed by atoms with Crippen molar-refractivity contribution >= 4 is 22.4 Å². The van der Waals surface area contributed by atoms with Crippen LogP contribution in [0.1, 0.15) is 45.6 Å². The SMILES string of the molecule is CC(C)(C)c1ccc(-c2csc(NC(=O)C3CCC3)n2)cc1. The molecule has 116 valence electrons. The van der Waals surface area contributed by atoms with Crippen LogP contribution in [-0.4, -0.2) is 10.9 Å². The van der Waals surface area contributed by atoms with E-state index in [1.54, 1.807) is 0 Å². The van der Waals surface area contributed by atoms with E-state index >= 15 is 0 Å². The topological polar surface area (TPSA) is 42.0 Å². The number of amides is 1. The molecule has 2 aromatic rings. The Balaban J connectivity index is 1.71. The number of nitrogens with one attached hydrogen (secondary N) is 1. The smallest absolute Gasteiger partial charge is 0.229 e. The van der Waals surface area contributed by atoms with Gasteiger partial charge in [-0.25, -0.2) is 4.98 Å². The maximum Gasteiger partial charge on any atom is 0.229 e. The first-order valence-electron chi connectivity index (χ1n) is 7.81. The van der Waals surface area contributed by atoms with Gasteiger partial charge in [0, 0.05) is 16.9 Å². The molecule has 1 saturated carbocycles. The summed E-state index contributed by atoms with van der Waals surface area (Å²) in [6.07, 6.45) is 3.19. The van der Waals surface area contributed by atoms with E-state index < -0.39 is 0 Å². The van der Waals surface area contributed by atoms with Gasteiger partial charge in [0.05, 0.1) is 5.69 Å². The Hall–Kier alpha value is -1.68. The molecular formula is C18H22N2OS. The number of rotatable bonds is 3. The number of carbonyl (C=O) groups excluding carboxylic acids is 1. The Morgan fingerprint density at radius 1 is 1.23 bits per heavy atom. The number of nitrogens with zero attached hydrogens (tertiary/aromatic N) is 1. The third kappa shape index (κ3) is 3.22. The molecular weight excluding hydrogens is 292 g/mol. The Bertz CT molecular complexity index is 663. The second-order valence-electron chi connectivity index (χ2n) is 6.98. The van der Waals surface area contributed by atoms with Crippen molar-refractivity contribution in [2.45, 2.75) is 45.4 Å². The first-order valence-corrected chi connectivity index (χ1v) is 8.69. The minimum atomic E-state index is 0.121. The second kappa shape index (κ2) is 5.84. The van der Waals surface area contributed by atoms with Gasteiger partial charge in [-0.05, 0) is 23.8 Å². The molecule has 22 heavy (non-hydrogen) atoms. The molecule has 1 N–H and O–H groups in total. The molecule has 1 aromatic heterocycles. The zero-order valence-corrected chi connectivity index (χ0v) is 14.2. The van der Waals surface area contributed by atoms with Crippen LogP contribution in [0.3, 0.4) is 0 Å². The van der Waals surface area contributed by atoms with Gasteiger partial charge in [0.25, 0.3) is 0 Å². The quantitative estimate of drug-likeness (QED) is 0.880. The zero-order chi connectivity index (χ0) is 15.7. The van der Waals surface area contributed by atoms with E-state index in [0.29, 0.717) is 5.13 Å².